The van der Waals surface area contributed by atoms with E-state index in [0.717, 1.165) is 5.56 Å². The van der Waals surface area contributed by atoms with Crippen LogP contribution < -0.4 is 24.8 Å². The van der Waals surface area contributed by atoms with Gasteiger partial charge in [-0.15, -0.1) is 11.3 Å². The molecular weight excluding hydrogens is 406 g/mol. The zero-order valence-corrected chi connectivity index (χ0v) is 17.1. The molecule has 0 saturated carbocycles. The van der Waals surface area contributed by atoms with E-state index in [1.54, 1.807) is 37.3 Å². The molecule has 30 heavy (non-hydrogen) atoms. The molecule has 2 aromatic carbocycles. The predicted octanol–water partition coefficient (Wildman–Crippen LogP) is 3.56. The van der Waals surface area contributed by atoms with Crippen LogP contribution >= 0.6 is 11.3 Å². The van der Waals surface area contributed by atoms with Gasteiger partial charge in [-0.05, 0) is 37.3 Å². The van der Waals surface area contributed by atoms with Crippen molar-refractivity contribution in [2.45, 2.75) is 13.0 Å². The molecule has 1 aliphatic heterocycles. The Hall–Kier alpha value is -3.59. The number of thiazole rings is 1. The Morgan fingerprint density at radius 3 is 2.87 bits per heavy atom. The number of methoxy groups -OCH3 is 1. The summed E-state index contributed by atoms with van der Waals surface area (Å²) >= 11 is 1.30. The van der Waals surface area contributed by atoms with Crippen molar-refractivity contribution in [2.75, 3.05) is 24.4 Å². The second kappa shape index (κ2) is 8.42. The fourth-order valence-electron chi connectivity index (χ4n) is 2.87. The van der Waals surface area contributed by atoms with Crippen LogP contribution in [0.2, 0.25) is 0 Å². The number of anilines is 2. The average Bonchev–Trinajstić information content (AvgIpc) is 3.21. The molecular formula is C21H19N3O5S. The van der Waals surface area contributed by atoms with E-state index in [-0.39, 0.29) is 18.4 Å². The third-order valence-corrected chi connectivity index (χ3v) is 5.14. The number of ether oxygens (including phenoxy) is 3. The van der Waals surface area contributed by atoms with Crippen molar-refractivity contribution in [2.24, 2.45) is 0 Å². The highest BCUT2D eigenvalue weighted by atomic mass is 32.1. The summed E-state index contributed by atoms with van der Waals surface area (Å²) in [5.41, 5.74) is 2.07. The average molecular weight is 425 g/mol. The van der Waals surface area contributed by atoms with Crippen LogP contribution in [-0.4, -0.2) is 36.6 Å². The van der Waals surface area contributed by atoms with E-state index >= 15 is 0 Å². The first-order chi connectivity index (χ1) is 14.5. The fourth-order valence-corrected chi connectivity index (χ4v) is 3.60. The van der Waals surface area contributed by atoms with Crippen LogP contribution in [0.3, 0.4) is 0 Å². The van der Waals surface area contributed by atoms with Crippen molar-refractivity contribution in [3.05, 3.63) is 47.8 Å². The number of hydrogen-bond acceptors (Lipinski definition) is 7. The molecule has 1 unspecified atom stereocenters. The molecule has 0 fully saturated rings. The van der Waals surface area contributed by atoms with Crippen LogP contribution in [0.25, 0.3) is 11.3 Å². The number of nitrogens with zero attached hydrogens (tertiary/aromatic N) is 1. The van der Waals surface area contributed by atoms with E-state index in [4.69, 9.17) is 14.2 Å². The van der Waals surface area contributed by atoms with E-state index < -0.39 is 6.10 Å². The van der Waals surface area contributed by atoms with E-state index in [1.807, 2.05) is 17.5 Å². The third-order valence-electron chi connectivity index (χ3n) is 4.38. The summed E-state index contributed by atoms with van der Waals surface area (Å²) in [6.45, 7) is 1.52. The first kappa shape index (κ1) is 19.7. The maximum Gasteiger partial charge on any atom is 0.265 e. The normalized spacial score (nSPS) is 14.9. The first-order valence-corrected chi connectivity index (χ1v) is 10.0. The van der Waals surface area contributed by atoms with Crippen molar-refractivity contribution in [1.82, 2.24) is 4.98 Å². The predicted molar refractivity (Wildman–Crippen MR) is 113 cm³/mol. The highest BCUT2D eigenvalue weighted by Gasteiger charge is 2.24. The fraction of sp³-hybridized carbons (Fsp3) is 0.190. The Balaban J connectivity index is 1.40. The van der Waals surface area contributed by atoms with Crippen LogP contribution in [0.4, 0.5) is 10.8 Å². The summed E-state index contributed by atoms with van der Waals surface area (Å²) in [6, 6.07) is 12.6. The van der Waals surface area contributed by atoms with Crippen LogP contribution in [0.5, 0.6) is 17.2 Å². The summed E-state index contributed by atoms with van der Waals surface area (Å²) in [5.74, 6) is 1.13. The monoisotopic (exact) mass is 425 g/mol. The van der Waals surface area contributed by atoms with Gasteiger partial charge in [0.2, 0.25) is 0 Å². The highest BCUT2D eigenvalue weighted by Crippen LogP contribution is 2.35. The summed E-state index contributed by atoms with van der Waals surface area (Å²) in [6.07, 6.45) is -0.525. The molecule has 8 nitrogen and oxygen atoms in total. The Labute approximate surface area is 176 Å². The molecule has 0 bridgehead atoms. The molecule has 1 aliphatic rings. The zero-order valence-electron chi connectivity index (χ0n) is 16.3. The largest absolute Gasteiger partial charge is 0.493 e. The molecule has 1 atom stereocenters. The van der Waals surface area contributed by atoms with Crippen molar-refractivity contribution in [3.8, 4) is 28.5 Å². The topological polar surface area (TPSA) is 98.8 Å². The Kier molecular flexibility index (Phi) is 5.53. The smallest absolute Gasteiger partial charge is 0.265 e. The highest BCUT2D eigenvalue weighted by molar-refractivity contribution is 7.14. The lowest BCUT2D eigenvalue weighted by molar-refractivity contribution is -0.122. The zero-order chi connectivity index (χ0) is 21.1. The minimum absolute atomic E-state index is 0.171. The molecule has 2 N–H and O–H groups in total. The minimum atomic E-state index is -0.525. The van der Waals surface area contributed by atoms with E-state index in [1.165, 1.54) is 18.4 Å². The maximum atomic E-state index is 12.2. The van der Waals surface area contributed by atoms with Crippen molar-refractivity contribution < 1.29 is 23.8 Å². The molecule has 0 radical (unpaired) electrons. The van der Waals surface area contributed by atoms with E-state index in [9.17, 15) is 9.59 Å². The van der Waals surface area contributed by atoms with Crippen LogP contribution in [0.1, 0.15) is 6.92 Å². The molecule has 9 heteroatoms. The number of fused-ring (bicyclic) bond motifs is 1. The van der Waals surface area contributed by atoms with Gasteiger partial charge in [0.15, 0.2) is 29.3 Å². The lowest BCUT2D eigenvalue weighted by Crippen LogP contribution is -2.34. The van der Waals surface area contributed by atoms with Crippen molar-refractivity contribution in [1.29, 1.82) is 0 Å². The standard InChI is InChI=1S/C21H19N3O5S/c1-12-20(26)22-14-9-13(7-8-16(14)29-12)15-11-30-21(23-15)24-19(25)10-28-18-6-4-3-5-17(18)27-2/h3-9,11-12H,10H2,1-2H3,(H,22,26)(H,23,24,25). The summed E-state index contributed by atoms with van der Waals surface area (Å²) in [4.78, 5) is 28.5. The van der Waals surface area contributed by atoms with Crippen molar-refractivity contribution in [3.63, 3.8) is 0 Å². The van der Waals surface area contributed by atoms with Gasteiger partial charge >= 0.3 is 0 Å². The molecule has 1 aromatic heterocycles. The second-order valence-electron chi connectivity index (χ2n) is 6.49. The van der Waals surface area contributed by atoms with Gasteiger partial charge in [-0.2, -0.15) is 0 Å². The molecule has 0 aliphatic carbocycles. The van der Waals surface area contributed by atoms with E-state index in [0.29, 0.717) is 33.8 Å². The minimum Gasteiger partial charge on any atom is -0.493 e. The third kappa shape index (κ3) is 4.20. The first-order valence-electron chi connectivity index (χ1n) is 9.16. The van der Waals surface area contributed by atoms with Crippen LogP contribution in [0, 0.1) is 0 Å². The van der Waals surface area contributed by atoms with Gasteiger partial charge in [0.1, 0.15) is 5.75 Å². The Morgan fingerprint density at radius 1 is 1.27 bits per heavy atom. The molecule has 3 aromatic rings. The number of aromatic nitrogens is 1. The molecule has 154 valence electrons. The summed E-state index contributed by atoms with van der Waals surface area (Å²) in [7, 11) is 1.54. The second-order valence-corrected chi connectivity index (χ2v) is 7.34. The number of hydrogen-bond donors (Lipinski definition) is 2. The Bertz CT molecular complexity index is 1100. The Morgan fingerprint density at radius 2 is 2.07 bits per heavy atom. The number of benzene rings is 2. The van der Waals surface area contributed by atoms with E-state index in [2.05, 4.69) is 15.6 Å². The lowest BCUT2D eigenvalue weighted by Gasteiger charge is -2.23. The molecule has 0 saturated heterocycles. The summed E-state index contributed by atoms with van der Waals surface area (Å²) in [5, 5.41) is 7.81. The number of rotatable bonds is 6. The molecule has 0 spiro atoms. The van der Waals surface area contributed by atoms with Gasteiger partial charge in [0.05, 0.1) is 18.5 Å². The van der Waals surface area contributed by atoms with Crippen LogP contribution in [-0.2, 0) is 9.59 Å². The quantitative estimate of drug-likeness (QED) is 0.627. The molecule has 4 rings (SSSR count). The van der Waals surface area contributed by atoms with Gasteiger partial charge in [-0.3, -0.25) is 14.9 Å². The van der Waals surface area contributed by atoms with Crippen molar-refractivity contribution >= 4 is 34.0 Å². The lowest BCUT2D eigenvalue weighted by atomic mass is 10.1. The van der Waals surface area contributed by atoms with Crippen LogP contribution in [0.15, 0.2) is 47.8 Å². The number of nitrogens with one attached hydrogen (secondary N) is 2. The number of amides is 2. The van der Waals surface area contributed by atoms with Gasteiger partial charge in [0, 0.05) is 10.9 Å². The number of carbonyl (C=O) groups excluding carboxylic acids is 2. The number of para-hydroxylation sites is 2. The van der Waals surface area contributed by atoms with Gasteiger partial charge in [0.25, 0.3) is 11.8 Å². The van der Waals surface area contributed by atoms with Gasteiger partial charge in [-0.1, -0.05) is 12.1 Å². The maximum absolute atomic E-state index is 12.2. The number of carbonyl (C=O) groups is 2. The van der Waals surface area contributed by atoms with Gasteiger partial charge in [-0.25, -0.2) is 4.98 Å². The molecule has 2 amide bonds. The summed E-state index contributed by atoms with van der Waals surface area (Å²) < 4.78 is 16.3. The SMILES string of the molecule is COc1ccccc1OCC(=O)Nc1nc(-c2ccc3c(c2)NC(=O)C(C)O3)cs1. The molecule has 2 heterocycles. The van der Waals surface area contributed by atoms with Gasteiger partial charge < -0.3 is 19.5 Å².